The Morgan fingerprint density at radius 1 is 1.59 bits per heavy atom. The molecule has 1 aromatic rings. The first kappa shape index (κ1) is 14.0. The van der Waals surface area contributed by atoms with Crippen molar-refractivity contribution in [2.45, 2.75) is 12.9 Å². The third kappa shape index (κ3) is 3.70. The summed E-state index contributed by atoms with van der Waals surface area (Å²) in [6.45, 7) is -0.310. The predicted molar refractivity (Wildman–Crippen MR) is 58.5 cm³/mol. The summed E-state index contributed by atoms with van der Waals surface area (Å²) in [6, 6.07) is 1.01. The molecule has 9 heteroatoms. The van der Waals surface area contributed by atoms with Gasteiger partial charge in [-0.05, 0) is 28.7 Å². The first-order valence-corrected chi connectivity index (χ1v) is 5.21. The number of carbonyl (C=O) groups is 1. The molecule has 0 aliphatic rings. The van der Waals surface area contributed by atoms with E-state index in [1.165, 1.54) is 22.6 Å². The number of ether oxygens (including phenoxy) is 1. The second-order valence-electron chi connectivity index (χ2n) is 2.85. The maximum absolute atomic E-state index is 12.0. The monoisotopic (exact) mass is 362 g/mol. The quantitative estimate of drug-likeness (QED) is 0.632. The highest BCUT2D eigenvalue weighted by atomic mass is 127. The zero-order valence-electron chi connectivity index (χ0n) is 8.08. The number of hydrogen-bond acceptors (Lipinski definition) is 4. The second-order valence-corrected chi connectivity index (χ2v) is 3.87. The largest absolute Gasteiger partial charge is 0.574 e. The number of aromatic nitrogens is 1. The summed E-state index contributed by atoms with van der Waals surface area (Å²) < 4.78 is 39.6. The van der Waals surface area contributed by atoms with E-state index in [9.17, 15) is 18.0 Å². The van der Waals surface area contributed by atoms with Crippen molar-refractivity contribution >= 4 is 28.6 Å². The van der Waals surface area contributed by atoms with Gasteiger partial charge in [0.15, 0.2) is 0 Å². The second kappa shape index (κ2) is 5.04. The van der Waals surface area contributed by atoms with Crippen LogP contribution in [0.5, 0.6) is 5.88 Å². The Kier molecular flexibility index (Phi) is 4.14. The van der Waals surface area contributed by atoms with Gasteiger partial charge in [0.05, 0.1) is 5.56 Å². The van der Waals surface area contributed by atoms with E-state index in [1.54, 1.807) is 0 Å². The van der Waals surface area contributed by atoms with Crippen molar-refractivity contribution < 1.29 is 27.8 Å². The molecule has 0 amide bonds. The van der Waals surface area contributed by atoms with E-state index < -0.39 is 18.2 Å². The molecule has 1 rings (SSSR count). The van der Waals surface area contributed by atoms with E-state index in [0.717, 1.165) is 6.07 Å². The van der Waals surface area contributed by atoms with Crippen LogP contribution in [0.3, 0.4) is 0 Å². The van der Waals surface area contributed by atoms with E-state index in [2.05, 4.69) is 9.72 Å². The van der Waals surface area contributed by atoms with Gasteiger partial charge in [-0.3, -0.25) is 0 Å². The molecule has 0 saturated carbocycles. The minimum absolute atomic E-state index is 0.105. The van der Waals surface area contributed by atoms with Gasteiger partial charge < -0.3 is 15.6 Å². The van der Waals surface area contributed by atoms with Crippen molar-refractivity contribution in [3.05, 3.63) is 20.9 Å². The van der Waals surface area contributed by atoms with Crippen LogP contribution in [0.25, 0.3) is 0 Å². The predicted octanol–water partition coefficient (Wildman–Crippen LogP) is 1.74. The Morgan fingerprint density at radius 3 is 2.59 bits per heavy atom. The molecule has 0 aliphatic carbocycles. The van der Waals surface area contributed by atoms with Crippen LogP contribution < -0.4 is 10.5 Å². The summed E-state index contributed by atoms with van der Waals surface area (Å²) in [6.07, 6.45) is -4.90. The molecule has 5 nitrogen and oxygen atoms in total. The number of nitrogens with two attached hydrogens (primary N) is 1. The number of carboxylic acids is 1. The SMILES string of the molecule is NCc1cc(C(=O)O)c(I)nc1OC(F)(F)F. The average molecular weight is 362 g/mol. The number of nitrogens with zero attached hydrogens (tertiary/aromatic N) is 1. The highest BCUT2D eigenvalue weighted by Crippen LogP contribution is 2.26. The number of hydrogen-bond donors (Lipinski definition) is 2. The molecule has 0 unspecified atom stereocenters. The Labute approximate surface area is 107 Å². The number of halogens is 4. The number of alkyl halides is 3. The summed E-state index contributed by atoms with van der Waals surface area (Å²) in [4.78, 5) is 14.2. The van der Waals surface area contributed by atoms with Crippen LogP contribution in [-0.4, -0.2) is 22.4 Å². The normalized spacial score (nSPS) is 11.4. The zero-order valence-corrected chi connectivity index (χ0v) is 10.2. The lowest BCUT2D eigenvalue weighted by molar-refractivity contribution is -0.276. The van der Waals surface area contributed by atoms with Crippen molar-refractivity contribution in [3.8, 4) is 5.88 Å². The zero-order chi connectivity index (χ0) is 13.2. The fourth-order valence-electron chi connectivity index (χ4n) is 1.01. The van der Waals surface area contributed by atoms with Gasteiger partial charge in [0, 0.05) is 12.1 Å². The molecule has 1 aromatic heterocycles. The number of rotatable bonds is 3. The van der Waals surface area contributed by atoms with E-state index in [1.807, 2.05) is 0 Å². The molecule has 1 heterocycles. The fourth-order valence-corrected chi connectivity index (χ4v) is 1.62. The minimum atomic E-state index is -4.90. The molecular formula is C8H6F3IN2O3. The number of pyridine rings is 1. The van der Waals surface area contributed by atoms with E-state index in [4.69, 9.17) is 10.8 Å². The van der Waals surface area contributed by atoms with Gasteiger partial charge in [-0.15, -0.1) is 13.2 Å². The molecule has 0 fully saturated rings. The maximum Gasteiger partial charge on any atom is 0.574 e. The molecule has 0 saturated heterocycles. The lowest BCUT2D eigenvalue weighted by Gasteiger charge is -2.12. The standard InChI is InChI=1S/C8H6F3IN2O3/c9-8(10,11)17-6-3(2-13)1-4(7(15)16)5(12)14-6/h1H,2,13H2,(H,15,16). The molecule has 0 spiro atoms. The first-order chi connectivity index (χ1) is 7.74. The Morgan fingerprint density at radius 2 is 2.18 bits per heavy atom. The van der Waals surface area contributed by atoms with Crippen LogP contribution in [-0.2, 0) is 6.54 Å². The maximum atomic E-state index is 12.0. The number of carboxylic acid groups (broad SMARTS) is 1. The highest BCUT2D eigenvalue weighted by Gasteiger charge is 2.33. The summed E-state index contributed by atoms with van der Waals surface area (Å²) in [5, 5.41) is 8.76. The van der Waals surface area contributed by atoms with Gasteiger partial charge >= 0.3 is 12.3 Å². The molecule has 0 aromatic carbocycles. The third-order valence-corrected chi connectivity index (χ3v) is 2.50. The van der Waals surface area contributed by atoms with Gasteiger partial charge in [0.25, 0.3) is 0 Å². The Bertz CT molecular complexity index is 450. The van der Waals surface area contributed by atoms with Crippen molar-refractivity contribution in [2.24, 2.45) is 5.73 Å². The summed E-state index contributed by atoms with van der Waals surface area (Å²) in [5.74, 6) is -2.02. The van der Waals surface area contributed by atoms with E-state index in [-0.39, 0.29) is 21.4 Å². The van der Waals surface area contributed by atoms with Crippen molar-refractivity contribution in [1.82, 2.24) is 4.98 Å². The topological polar surface area (TPSA) is 85.4 Å². The third-order valence-electron chi connectivity index (χ3n) is 1.68. The Hall–Kier alpha value is -1.10. The van der Waals surface area contributed by atoms with Gasteiger partial charge in [-0.2, -0.15) is 0 Å². The van der Waals surface area contributed by atoms with Gasteiger partial charge in [0.1, 0.15) is 3.70 Å². The van der Waals surface area contributed by atoms with Gasteiger partial charge in [-0.25, -0.2) is 9.78 Å². The molecular weight excluding hydrogens is 356 g/mol. The van der Waals surface area contributed by atoms with Crippen LogP contribution >= 0.6 is 22.6 Å². The smallest absolute Gasteiger partial charge is 0.478 e. The van der Waals surface area contributed by atoms with Crippen LogP contribution in [0.15, 0.2) is 6.07 Å². The van der Waals surface area contributed by atoms with E-state index >= 15 is 0 Å². The molecule has 94 valence electrons. The van der Waals surface area contributed by atoms with E-state index in [0.29, 0.717) is 0 Å². The van der Waals surface area contributed by atoms with Gasteiger partial charge in [0.2, 0.25) is 5.88 Å². The Balaban J connectivity index is 3.24. The van der Waals surface area contributed by atoms with Crippen LogP contribution in [0.1, 0.15) is 15.9 Å². The van der Waals surface area contributed by atoms with Crippen LogP contribution in [0.2, 0.25) is 0 Å². The van der Waals surface area contributed by atoms with Crippen molar-refractivity contribution in [2.75, 3.05) is 0 Å². The first-order valence-electron chi connectivity index (χ1n) is 4.13. The summed E-state index contributed by atoms with van der Waals surface area (Å²) in [5.41, 5.74) is 4.86. The summed E-state index contributed by atoms with van der Waals surface area (Å²) in [7, 11) is 0. The van der Waals surface area contributed by atoms with Crippen molar-refractivity contribution in [3.63, 3.8) is 0 Å². The fraction of sp³-hybridized carbons (Fsp3) is 0.250. The van der Waals surface area contributed by atoms with Gasteiger partial charge in [-0.1, -0.05) is 0 Å². The lowest BCUT2D eigenvalue weighted by atomic mass is 10.2. The molecule has 0 aliphatic heterocycles. The molecule has 3 N–H and O–H groups in total. The summed E-state index contributed by atoms with van der Waals surface area (Å²) >= 11 is 1.51. The van der Waals surface area contributed by atoms with Crippen molar-refractivity contribution in [1.29, 1.82) is 0 Å². The minimum Gasteiger partial charge on any atom is -0.478 e. The number of aromatic carboxylic acids is 1. The molecule has 17 heavy (non-hydrogen) atoms. The average Bonchev–Trinajstić information content (AvgIpc) is 2.14. The van der Waals surface area contributed by atoms with Crippen LogP contribution in [0, 0.1) is 3.70 Å². The molecule has 0 atom stereocenters. The molecule has 0 radical (unpaired) electrons. The van der Waals surface area contributed by atoms with Crippen LogP contribution in [0.4, 0.5) is 13.2 Å². The highest BCUT2D eigenvalue weighted by molar-refractivity contribution is 14.1. The lowest BCUT2D eigenvalue weighted by Crippen LogP contribution is -2.20. The molecule has 0 bridgehead atoms.